The molecule has 128 valence electrons. The molecule has 0 saturated heterocycles. The van der Waals surface area contributed by atoms with E-state index in [9.17, 15) is 18.0 Å². The lowest BCUT2D eigenvalue weighted by Crippen LogP contribution is -2.14. The molecule has 3 aromatic rings. The zero-order valence-corrected chi connectivity index (χ0v) is 13.9. The van der Waals surface area contributed by atoms with Crippen molar-refractivity contribution in [1.29, 1.82) is 0 Å². The lowest BCUT2D eigenvalue weighted by molar-refractivity contribution is 0.0993. The summed E-state index contributed by atoms with van der Waals surface area (Å²) in [5.41, 5.74) is 6.36. The molecule has 25 heavy (non-hydrogen) atoms. The lowest BCUT2D eigenvalue weighted by atomic mass is 10.2. The minimum atomic E-state index is -3.90. The largest absolute Gasteiger partial charge is 0.364 e. The van der Waals surface area contributed by atoms with E-state index >= 15 is 0 Å². The number of aromatic amines is 1. The number of fused-ring (bicyclic) bond motifs is 1. The van der Waals surface area contributed by atoms with Crippen LogP contribution < -0.4 is 10.5 Å². The topological polar surface area (TPSA) is 135 Å². The molecule has 0 atom stereocenters. The first-order valence-corrected chi connectivity index (χ1v) is 8.68. The molecule has 1 amide bonds. The highest BCUT2D eigenvalue weighted by molar-refractivity contribution is 7.92. The van der Waals surface area contributed by atoms with Gasteiger partial charge in [0, 0.05) is 16.6 Å². The van der Waals surface area contributed by atoms with Gasteiger partial charge in [0.15, 0.2) is 11.5 Å². The molecular formula is C16H14N4O4S. The second kappa shape index (κ2) is 6.02. The number of H-pyrrole nitrogens is 1. The van der Waals surface area contributed by atoms with E-state index in [-0.39, 0.29) is 22.1 Å². The van der Waals surface area contributed by atoms with Crippen molar-refractivity contribution in [3.8, 4) is 0 Å². The number of aromatic nitrogens is 2. The number of Topliss-reactive ketones (excluding diaryl/α,β-unsaturated/α-hetero) is 1. The van der Waals surface area contributed by atoms with E-state index in [2.05, 4.69) is 14.9 Å². The number of ketones is 1. The summed E-state index contributed by atoms with van der Waals surface area (Å²) in [5, 5.41) is 6.86. The molecule has 0 unspecified atom stereocenters. The van der Waals surface area contributed by atoms with Gasteiger partial charge in [0.1, 0.15) is 0 Å². The van der Waals surface area contributed by atoms with Gasteiger partial charge in [0.05, 0.1) is 10.4 Å². The molecule has 0 fully saturated rings. The van der Waals surface area contributed by atoms with Crippen LogP contribution >= 0.6 is 0 Å². The van der Waals surface area contributed by atoms with Gasteiger partial charge in [-0.3, -0.25) is 19.4 Å². The molecule has 0 bridgehead atoms. The zero-order valence-electron chi connectivity index (χ0n) is 13.1. The van der Waals surface area contributed by atoms with Crippen molar-refractivity contribution in [2.45, 2.75) is 11.8 Å². The number of hydrogen-bond donors (Lipinski definition) is 3. The van der Waals surface area contributed by atoms with Gasteiger partial charge in [0.2, 0.25) is 0 Å². The fourth-order valence-electron chi connectivity index (χ4n) is 2.36. The van der Waals surface area contributed by atoms with Crippen LogP contribution in [0.2, 0.25) is 0 Å². The standard InChI is InChI=1S/C16H14N4O4S/c1-9(21)10-3-2-4-12(7-10)25(23,24)20-11-5-6-14-13(8-11)15(16(17)22)19-18-14/h2-8,20H,1H3,(H2,17,22)(H,18,19). The Kier molecular flexibility index (Phi) is 4.01. The summed E-state index contributed by atoms with van der Waals surface area (Å²) >= 11 is 0. The van der Waals surface area contributed by atoms with Crippen LogP contribution in [-0.2, 0) is 10.0 Å². The van der Waals surface area contributed by atoms with Crippen LogP contribution in [0.4, 0.5) is 5.69 Å². The number of anilines is 1. The highest BCUT2D eigenvalue weighted by Gasteiger charge is 2.17. The van der Waals surface area contributed by atoms with Gasteiger partial charge < -0.3 is 5.73 Å². The number of benzene rings is 2. The summed E-state index contributed by atoms with van der Waals surface area (Å²) in [6.45, 7) is 1.36. The summed E-state index contributed by atoms with van der Waals surface area (Å²) in [7, 11) is -3.90. The number of nitrogens with one attached hydrogen (secondary N) is 2. The highest BCUT2D eigenvalue weighted by atomic mass is 32.2. The number of nitrogens with zero attached hydrogens (tertiary/aromatic N) is 1. The van der Waals surface area contributed by atoms with E-state index < -0.39 is 15.9 Å². The Bertz CT molecular complexity index is 1100. The molecule has 1 heterocycles. The summed E-state index contributed by atoms with van der Waals surface area (Å²) in [5.74, 6) is -0.955. The van der Waals surface area contributed by atoms with Crippen molar-refractivity contribution in [3.05, 3.63) is 53.7 Å². The Hall–Kier alpha value is -3.20. The first kappa shape index (κ1) is 16.7. The van der Waals surface area contributed by atoms with E-state index in [0.717, 1.165) is 0 Å². The van der Waals surface area contributed by atoms with Gasteiger partial charge in [-0.1, -0.05) is 12.1 Å². The third-order valence-electron chi connectivity index (χ3n) is 3.60. The molecule has 2 aromatic carbocycles. The first-order valence-electron chi connectivity index (χ1n) is 7.20. The Morgan fingerprint density at radius 2 is 1.92 bits per heavy atom. The van der Waals surface area contributed by atoms with Crippen LogP contribution in [0.15, 0.2) is 47.4 Å². The molecule has 0 aliphatic rings. The highest BCUT2D eigenvalue weighted by Crippen LogP contribution is 2.23. The summed E-state index contributed by atoms with van der Waals surface area (Å²) in [6.07, 6.45) is 0. The predicted octanol–water partition coefficient (Wildman–Crippen LogP) is 1.67. The maximum Gasteiger partial charge on any atom is 0.269 e. The smallest absolute Gasteiger partial charge is 0.269 e. The number of rotatable bonds is 5. The van der Waals surface area contributed by atoms with Gasteiger partial charge in [-0.2, -0.15) is 5.10 Å². The normalized spacial score (nSPS) is 11.4. The summed E-state index contributed by atoms with van der Waals surface area (Å²) in [6, 6.07) is 10.3. The van der Waals surface area contributed by atoms with Crippen molar-refractivity contribution in [2.75, 3.05) is 4.72 Å². The van der Waals surface area contributed by atoms with Crippen LogP contribution in [0.5, 0.6) is 0 Å². The van der Waals surface area contributed by atoms with Crippen LogP contribution in [0, 0.1) is 0 Å². The third kappa shape index (κ3) is 3.22. The number of sulfonamides is 1. The number of amides is 1. The van der Waals surface area contributed by atoms with Crippen LogP contribution in [-0.4, -0.2) is 30.3 Å². The molecule has 9 heteroatoms. The molecule has 4 N–H and O–H groups in total. The zero-order chi connectivity index (χ0) is 18.2. The summed E-state index contributed by atoms with van der Waals surface area (Å²) in [4.78, 5) is 22.8. The Morgan fingerprint density at radius 1 is 1.16 bits per heavy atom. The van der Waals surface area contributed by atoms with Gasteiger partial charge in [0.25, 0.3) is 15.9 Å². The minimum Gasteiger partial charge on any atom is -0.364 e. The molecule has 8 nitrogen and oxygen atoms in total. The number of primary amides is 1. The van der Waals surface area contributed by atoms with Crippen LogP contribution in [0.25, 0.3) is 10.9 Å². The molecular weight excluding hydrogens is 344 g/mol. The Labute approximate surface area is 143 Å². The van der Waals surface area contributed by atoms with E-state index in [0.29, 0.717) is 16.5 Å². The molecule has 0 radical (unpaired) electrons. The molecule has 3 rings (SSSR count). The maximum atomic E-state index is 12.5. The summed E-state index contributed by atoms with van der Waals surface area (Å²) < 4.78 is 27.5. The van der Waals surface area contributed by atoms with Crippen molar-refractivity contribution in [3.63, 3.8) is 0 Å². The van der Waals surface area contributed by atoms with Crippen molar-refractivity contribution in [1.82, 2.24) is 10.2 Å². The fourth-order valence-corrected chi connectivity index (χ4v) is 3.46. The Balaban J connectivity index is 1.99. The number of carbonyl (C=O) groups is 2. The van der Waals surface area contributed by atoms with Gasteiger partial charge >= 0.3 is 0 Å². The monoisotopic (exact) mass is 358 g/mol. The average Bonchev–Trinajstić information content (AvgIpc) is 2.98. The minimum absolute atomic E-state index is 0.0228. The molecule has 0 aliphatic heterocycles. The van der Waals surface area contributed by atoms with Crippen LogP contribution in [0.3, 0.4) is 0 Å². The lowest BCUT2D eigenvalue weighted by Gasteiger charge is -2.09. The SMILES string of the molecule is CC(=O)c1cccc(S(=O)(=O)Nc2ccc3[nH]nc(C(N)=O)c3c2)c1. The van der Waals surface area contributed by atoms with Gasteiger partial charge in [-0.25, -0.2) is 8.42 Å². The molecule has 0 spiro atoms. The van der Waals surface area contributed by atoms with Crippen molar-refractivity contribution < 1.29 is 18.0 Å². The van der Waals surface area contributed by atoms with E-state index in [1.165, 1.54) is 43.3 Å². The van der Waals surface area contributed by atoms with Gasteiger partial charge in [-0.05, 0) is 37.3 Å². The predicted molar refractivity (Wildman–Crippen MR) is 91.9 cm³/mol. The average molecular weight is 358 g/mol. The first-order chi connectivity index (χ1) is 11.8. The fraction of sp³-hybridized carbons (Fsp3) is 0.0625. The molecule has 1 aromatic heterocycles. The second-order valence-corrected chi connectivity index (χ2v) is 7.07. The van der Waals surface area contributed by atoms with E-state index in [1.54, 1.807) is 6.07 Å². The quantitative estimate of drug-likeness (QED) is 0.596. The van der Waals surface area contributed by atoms with Gasteiger partial charge in [-0.15, -0.1) is 0 Å². The van der Waals surface area contributed by atoms with Crippen molar-refractivity contribution >= 4 is 38.3 Å². The number of hydrogen-bond acceptors (Lipinski definition) is 5. The molecule has 0 aliphatic carbocycles. The van der Waals surface area contributed by atoms with Crippen molar-refractivity contribution in [2.24, 2.45) is 5.73 Å². The van der Waals surface area contributed by atoms with E-state index in [1.807, 2.05) is 0 Å². The van der Waals surface area contributed by atoms with E-state index in [4.69, 9.17) is 5.73 Å². The molecule has 0 saturated carbocycles. The Morgan fingerprint density at radius 3 is 2.60 bits per heavy atom. The number of carbonyl (C=O) groups excluding carboxylic acids is 2. The van der Waals surface area contributed by atoms with Crippen LogP contribution in [0.1, 0.15) is 27.8 Å². The third-order valence-corrected chi connectivity index (χ3v) is 4.98. The maximum absolute atomic E-state index is 12.5. The number of nitrogens with two attached hydrogens (primary N) is 1. The second-order valence-electron chi connectivity index (χ2n) is 5.39.